The summed E-state index contributed by atoms with van der Waals surface area (Å²) in [5.74, 6) is 1.55. The third kappa shape index (κ3) is 3.29. The molecule has 8 nitrogen and oxygen atoms in total. The minimum Gasteiger partial charge on any atom is -0.274 e. The molecular formula is C19H19N7O. The molecule has 2 aromatic carbocycles. The van der Waals surface area contributed by atoms with Crippen molar-refractivity contribution < 1.29 is 0 Å². The molecule has 0 spiro atoms. The Balaban J connectivity index is 1.65. The first kappa shape index (κ1) is 16.9. The van der Waals surface area contributed by atoms with Gasteiger partial charge in [0.25, 0.3) is 0 Å². The first-order valence-corrected chi connectivity index (χ1v) is 8.71. The SMILES string of the molecule is CC(C)c1n[nH]c(=O)n1Cc1ccc(-c2ccccc2-c2nnn[nH]2)cc1. The van der Waals surface area contributed by atoms with E-state index in [9.17, 15) is 4.79 Å². The van der Waals surface area contributed by atoms with Crippen LogP contribution in [-0.4, -0.2) is 35.4 Å². The minimum atomic E-state index is -0.189. The second kappa shape index (κ2) is 6.99. The normalized spacial score (nSPS) is 11.2. The van der Waals surface area contributed by atoms with Gasteiger partial charge in [0.1, 0.15) is 5.82 Å². The van der Waals surface area contributed by atoms with Crippen molar-refractivity contribution in [3.63, 3.8) is 0 Å². The molecule has 0 amide bonds. The molecule has 0 radical (unpaired) electrons. The zero-order chi connectivity index (χ0) is 18.8. The van der Waals surface area contributed by atoms with Gasteiger partial charge in [0.05, 0.1) is 6.54 Å². The van der Waals surface area contributed by atoms with Crippen molar-refractivity contribution >= 4 is 0 Å². The van der Waals surface area contributed by atoms with Crippen LogP contribution >= 0.6 is 0 Å². The monoisotopic (exact) mass is 361 g/mol. The van der Waals surface area contributed by atoms with Gasteiger partial charge in [-0.2, -0.15) is 5.10 Å². The maximum Gasteiger partial charge on any atom is 0.343 e. The van der Waals surface area contributed by atoms with Gasteiger partial charge in [0.15, 0.2) is 5.82 Å². The minimum absolute atomic E-state index is 0.172. The molecule has 2 aromatic heterocycles. The van der Waals surface area contributed by atoms with Crippen LogP contribution < -0.4 is 5.69 Å². The van der Waals surface area contributed by atoms with Gasteiger partial charge in [-0.1, -0.05) is 62.4 Å². The Morgan fingerprint density at radius 2 is 1.74 bits per heavy atom. The molecule has 27 heavy (non-hydrogen) atoms. The van der Waals surface area contributed by atoms with E-state index in [2.05, 4.69) is 30.8 Å². The number of tetrazole rings is 1. The predicted octanol–water partition coefficient (Wildman–Crippen LogP) is 2.59. The molecule has 136 valence electrons. The van der Waals surface area contributed by atoms with Gasteiger partial charge in [0.2, 0.25) is 0 Å². The zero-order valence-electron chi connectivity index (χ0n) is 15.0. The predicted molar refractivity (Wildman–Crippen MR) is 101 cm³/mol. The molecule has 0 aliphatic heterocycles. The van der Waals surface area contributed by atoms with Crippen molar-refractivity contribution in [2.24, 2.45) is 0 Å². The van der Waals surface area contributed by atoms with Crippen molar-refractivity contribution in [3.8, 4) is 22.5 Å². The van der Waals surface area contributed by atoms with E-state index in [1.165, 1.54) is 0 Å². The van der Waals surface area contributed by atoms with E-state index >= 15 is 0 Å². The maximum atomic E-state index is 12.0. The Morgan fingerprint density at radius 1 is 1.00 bits per heavy atom. The number of rotatable bonds is 5. The molecule has 4 aromatic rings. The Kier molecular flexibility index (Phi) is 4.37. The van der Waals surface area contributed by atoms with Gasteiger partial charge < -0.3 is 0 Å². The van der Waals surface area contributed by atoms with Gasteiger partial charge in [-0.3, -0.25) is 4.57 Å². The fourth-order valence-electron chi connectivity index (χ4n) is 3.11. The summed E-state index contributed by atoms with van der Waals surface area (Å²) in [4.78, 5) is 12.0. The number of hydrogen-bond acceptors (Lipinski definition) is 5. The average Bonchev–Trinajstić information content (AvgIpc) is 3.33. The van der Waals surface area contributed by atoms with Crippen LogP contribution in [-0.2, 0) is 6.54 Å². The van der Waals surface area contributed by atoms with Crippen LogP contribution in [0, 0.1) is 0 Å². The lowest BCUT2D eigenvalue weighted by Gasteiger charge is -2.10. The van der Waals surface area contributed by atoms with Gasteiger partial charge >= 0.3 is 5.69 Å². The van der Waals surface area contributed by atoms with Crippen LogP contribution in [0.4, 0.5) is 0 Å². The highest BCUT2D eigenvalue weighted by Crippen LogP contribution is 2.29. The Labute approximate surface area is 155 Å². The lowest BCUT2D eigenvalue weighted by atomic mass is 9.98. The van der Waals surface area contributed by atoms with E-state index in [1.54, 1.807) is 4.57 Å². The fourth-order valence-corrected chi connectivity index (χ4v) is 3.11. The van der Waals surface area contributed by atoms with Crippen molar-refractivity contribution in [3.05, 3.63) is 70.4 Å². The average molecular weight is 361 g/mol. The van der Waals surface area contributed by atoms with Crippen molar-refractivity contribution in [2.45, 2.75) is 26.3 Å². The van der Waals surface area contributed by atoms with Crippen LogP contribution in [0.25, 0.3) is 22.5 Å². The largest absolute Gasteiger partial charge is 0.343 e. The summed E-state index contributed by atoms with van der Waals surface area (Å²) in [5, 5.41) is 20.8. The van der Waals surface area contributed by atoms with E-state index in [0.29, 0.717) is 12.4 Å². The van der Waals surface area contributed by atoms with E-state index in [-0.39, 0.29) is 11.6 Å². The van der Waals surface area contributed by atoms with Gasteiger partial charge in [0, 0.05) is 11.5 Å². The summed E-state index contributed by atoms with van der Waals surface area (Å²) in [7, 11) is 0. The fraction of sp³-hybridized carbons (Fsp3) is 0.211. The van der Waals surface area contributed by atoms with E-state index in [4.69, 9.17) is 0 Å². The van der Waals surface area contributed by atoms with Crippen molar-refractivity contribution in [1.82, 2.24) is 35.4 Å². The number of aromatic nitrogens is 7. The number of hydrogen-bond donors (Lipinski definition) is 2. The Bertz CT molecular complexity index is 1090. The zero-order valence-corrected chi connectivity index (χ0v) is 15.0. The second-order valence-corrected chi connectivity index (χ2v) is 6.62. The number of nitrogens with one attached hydrogen (secondary N) is 2. The molecule has 0 aliphatic carbocycles. The van der Waals surface area contributed by atoms with E-state index in [1.807, 2.05) is 62.4 Å². The number of nitrogens with zero attached hydrogens (tertiary/aromatic N) is 5. The van der Waals surface area contributed by atoms with Crippen LogP contribution in [0.3, 0.4) is 0 Å². The molecule has 8 heteroatoms. The molecule has 0 saturated carbocycles. The second-order valence-electron chi connectivity index (χ2n) is 6.62. The van der Waals surface area contributed by atoms with Crippen LogP contribution in [0.5, 0.6) is 0 Å². The molecule has 0 unspecified atom stereocenters. The summed E-state index contributed by atoms with van der Waals surface area (Å²) in [6.45, 7) is 4.52. The molecule has 0 bridgehead atoms. The molecule has 2 N–H and O–H groups in total. The van der Waals surface area contributed by atoms with E-state index < -0.39 is 0 Å². The molecule has 0 saturated heterocycles. The lowest BCUT2D eigenvalue weighted by Crippen LogP contribution is -2.20. The quantitative estimate of drug-likeness (QED) is 0.568. The number of benzene rings is 2. The summed E-state index contributed by atoms with van der Waals surface area (Å²) >= 11 is 0. The van der Waals surface area contributed by atoms with Crippen molar-refractivity contribution in [1.29, 1.82) is 0 Å². The standard InChI is InChI=1S/C19H19N7O/c1-12(2)18-22-23-19(27)26(18)11-13-7-9-14(10-8-13)15-5-3-4-6-16(15)17-20-24-25-21-17/h3-10,12H,11H2,1-2H3,(H,23,27)(H,20,21,24,25). The summed E-state index contributed by atoms with van der Waals surface area (Å²) < 4.78 is 1.67. The van der Waals surface area contributed by atoms with Crippen LogP contribution in [0.2, 0.25) is 0 Å². The molecule has 2 heterocycles. The smallest absolute Gasteiger partial charge is 0.274 e. The van der Waals surface area contributed by atoms with E-state index in [0.717, 1.165) is 28.1 Å². The topological polar surface area (TPSA) is 105 Å². The molecule has 4 rings (SSSR count). The molecule has 0 aliphatic rings. The Hall–Kier alpha value is -3.55. The lowest BCUT2D eigenvalue weighted by molar-refractivity contribution is 0.656. The van der Waals surface area contributed by atoms with Gasteiger partial charge in [-0.25, -0.2) is 15.0 Å². The summed E-state index contributed by atoms with van der Waals surface area (Å²) in [5.41, 5.74) is 3.86. The van der Waals surface area contributed by atoms with Crippen LogP contribution in [0.1, 0.15) is 31.2 Å². The highest BCUT2D eigenvalue weighted by atomic mass is 16.1. The first-order chi connectivity index (χ1) is 13.1. The van der Waals surface area contributed by atoms with Gasteiger partial charge in [-0.05, 0) is 27.1 Å². The molecule has 0 atom stereocenters. The molecular weight excluding hydrogens is 342 g/mol. The molecule has 0 fully saturated rings. The highest BCUT2D eigenvalue weighted by Gasteiger charge is 2.13. The van der Waals surface area contributed by atoms with Gasteiger partial charge in [-0.15, -0.1) is 5.10 Å². The van der Waals surface area contributed by atoms with Crippen LogP contribution in [0.15, 0.2) is 53.3 Å². The number of aromatic amines is 2. The maximum absolute atomic E-state index is 12.0. The third-order valence-corrected chi connectivity index (χ3v) is 4.44. The van der Waals surface area contributed by atoms with Crippen molar-refractivity contribution in [2.75, 3.05) is 0 Å². The highest BCUT2D eigenvalue weighted by molar-refractivity contribution is 5.80. The third-order valence-electron chi connectivity index (χ3n) is 4.44. The first-order valence-electron chi connectivity index (χ1n) is 8.71. The summed E-state index contributed by atoms with van der Waals surface area (Å²) in [6, 6.07) is 16.1. The Morgan fingerprint density at radius 3 is 2.41 bits per heavy atom. The summed E-state index contributed by atoms with van der Waals surface area (Å²) in [6.07, 6.45) is 0. The number of H-pyrrole nitrogens is 2.